The third kappa shape index (κ3) is 1.95. The van der Waals surface area contributed by atoms with Crippen LogP contribution in [0.25, 0.3) is 0 Å². The van der Waals surface area contributed by atoms with Gasteiger partial charge in [-0.2, -0.15) is 0 Å². The largest absolute Gasteiger partial charge is 0.341 e. The summed E-state index contributed by atoms with van der Waals surface area (Å²) in [7, 11) is 0. The monoisotopic (exact) mass is 286 g/mol. The number of carbonyl (C=O) groups excluding carboxylic acids is 2. The summed E-state index contributed by atoms with van der Waals surface area (Å²) in [4.78, 5) is 24.9. The van der Waals surface area contributed by atoms with Gasteiger partial charge in [0.2, 0.25) is 5.91 Å². The molecule has 0 aromatic heterocycles. The minimum absolute atomic E-state index is 0.210. The second kappa shape index (κ2) is 4.78. The normalized spacial score (nSPS) is 17.9. The number of anilines is 1. The lowest BCUT2D eigenvalue weighted by Gasteiger charge is -2.16. The maximum Gasteiger partial charge on any atom is 0.254 e. The molecule has 0 unspecified atom stereocenters. The number of fused-ring (bicyclic) bond motifs is 1. The number of rotatable bonds is 2. The van der Waals surface area contributed by atoms with E-state index in [1.807, 2.05) is 6.92 Å². The second-order valence-corrected chi connectivity index (χ2v) is 4.82. The second-order valence-electron chi connectivity index (χ2n) is 4.01. The van der Waals surface area contributed by atoms with Crippen molar-refractivity contribution in [3.05, 3.63) is 27.7 Å². The summed E-state index contributed by atoms with van der Waals surface area (Å²) in [5.74, 6) is -0.494. The van der Waals surface area contributed by atoms with Crippen molar-refractivity contribution in [1.29, 1.82) is 0 Å². The fraction of sp³-hybridized carbons (Fsp3) is 0.333. The number of benzene rings is 1. The average molecular weight is 287 g/mol. The molecule has 0 bridgehead atoms. The van der Waals surface area contributed by atoms with Gasteiger partial charge in [0.15, 0.2) is 0 Å². The average Bonchev–Trinajstić information content (AvgIpc) is 2.58. The highest BCUT2D eigenvalue weighted by atomic mass is 35.5. The third-order valence-electron chi connectivity index (χ3n) is 2.85. The van der Waals surface area contributed by atoms with Gasteiger partial charge in [0.25, 0.3) is 5.91 Å². The van der Waals surface area contributed by atoms with Gasteiger partial charge in [-0.3, -0.25) is 9.59 Å². The predicted octanol–water partition coefficient (Wildman–Crippen LogP) is 2.54. The molecule has 0 saturated heterocycles. The number of nitrogens with one attached hydrogen (secondary N) is 1. The first kappa shape index (κ1) is 13.2. The Morgan fingerprint density at radius 1 is 1.39 bits per heavy atom. The molecule has 1 heterocycles. The number of hydrogen-bond acceptors (Lipinski definition) is 2. The molecule has 4 nitrogen and oxygen atoms in total. The van der Waals surface area contributed by atoms with Crippen molar-refractivity contribution >= 4 is 40.7 Å². The minimum atomic E-state index is -0.747. The van der Waals surface area contributed by atoms with Gasteiger partial charge < -0.3 is 10.2 Å². The van der Waals surface area contributed by atoms with Crippen LogP contribution in [0.1, 0.15) is 25.5 Å². The van der Waals surface area contributed by atoms with Gasteiger partial charge in [-0.15, -0.1) is 0 Å². The number of halogens is 2. The van der Waals surface area contributed by atoms with Crippen LogP contribution < -0.4 is 10.2 Å². The predicted molar refractivity (Wildman–Crippen MR) is 71.0 cm³/mol. The van der Waals surface area contributed by atoms with Gasteiger partial charge in [0.05, 0.1) is 10.7 Å². The first-order valence-corrected chi connectivity index (χ1v) is 6.29. The zero-order chi connectivity index (χ0) is 13.4. The Kier molecular flexibility index (Phi) is 3.50. The Hall–Kier alpha value is -1.26. The number of carbonyl (C=O) groups is 2. The Morgan fingerprint density at radius 2 is 2.00 bits per heavy atom. The summed E-state index contributed by atoms with van der Waals surface area (Å²) in [5.41, 5.74) is 1.17. The third-order valence-corrected chi connectivity index (χ3v) is 3.48. The van der Waals surface area contributed by atoms with E-state index in [9.17, 15) is 9.59 Å². The molecule has 0 radical (unpaired) electrons. The molecule has 96 valence electrons. The van der Waals surface area contributed by atoms with Crippen LogP contribution in [0.5, 0.6) is 0 Å². The minimum Gasteiger partial charge on any atom is -0.341 e. The zero-order valence-corrected chi connectivity index (χ0v) is 11.5. The van der Waals surface area contributed by atoms with E-state index in [1.54, 1.807) is 12.1 Å². The lowest BCUT2D eigenvalue weighted by molar-refractivity contribution is -0.126. The first-order chi connectivity index (χ1) is 8.47. The summed E-state index contributed by atoms with van der Waals surface area (Å²) in [6.07, 6.45) is 0. The van der Waals surface area contributed by atoms with Crippen LogP contribution in [0.3, 0.4) is 0 Å². The number of hydrogen-bond donors (Lipinski definition) is 1. The topological polar surface area (TPSA) is 49.4 Å². The standard InChI is InChI=1S/C12H12Cl2N2O2/c1-3-16-11-8(14)5-4-7(13)9(11)10(12(16)18)15-6(2)17/h4-5,10H,3H2,1-2H3,(H,15,17)/t10-/m1/s1. The highest BCUT2D eigenvalue weighted by molar-refractivity contribution is 6.38. The summed E-state index contributed by atoms with van der Waals surface area (Å²) in [5, 5.41) is 3.49. The summed E-state index contributed by atoms with van der Waals surface area (Å²) in [6.45, 7) is 3.68. The molecule has 0 fully saturated rings. The van der Waals surface area contributed by atoms with Gasteiger partial charge in [-0.1, -0.05) is 23.2 Å². The number of amides is 2. The molecular weight excluding hydrogens is 275 g/mol. The van der Waals surface area contributed by atoms with Crippen LogP contribution in [0, 0.1) is 0 Å². The molecule has 1 atom stereocenters. The van der Waals surface area contributed by atoms with Crippen molar-refractivity contribution in [3.63, 3.8) is 0 Å². The van der Waals surface area contributed by atoms with Crippen LogP contribution in [0.15, 0.2) is 12.1 Å². The van der Waals surface area contributed by atoms with Crippen LogP contribution in [-0.4, -0.2) is 18.4 Å². The van der Waals surface area contributed by atoms with Crippen molar-refractivity contribution in [3.8, 4) is 0 Å². The molecule has 1 aromatic carbocycles. The van der Waals surface area contributed by atoms with E-state index in [0.717, 1.165) is 0 Å². The van der Waals surface area contributed by atoms with E-state index >= 15 is 0 Å². The van der Waals surface area contributed by atoms with Crippen molar-refractivity contribution in [1.82, 2.24) is 5.32 Å². The van der Waals surface area contributed by atoms with Gasteiger partial charge in [0.1, 0.15) is 6.04 Å². The number of likely N-dealkylation sites (N-methyl/N-ethyl adjacent to an activating group) is 1. The lowest BCUT2D eigenvalue weighted by atomic mass is 10.1. The first-order valence-electron chi connectivity index (χ1n) is 5.53. The summed E-state index contributed by atoms with van der Waals surface area (Å²) < 4.78 is 0. The quantitative estimate of drug-likeness (QED) is 0.908. The van der Waals surface area contributed by atoms with Crippen LogP contribution in [0.4, 0.5) is 5.69 Å². The molecule has 0 spiro atoms. The van der Waals surface area contributed by atoms with Gasteiger partial charge >= 0.3 is 0 Å². The van der Waals surface area contributed by atoms with E-state index in [4.69, 9.17) is 23.2 Å². The highest BCUT2D eigenvalue weighted by Crippen LogP contribution is 2.44. The van der Waals surface area contributed by atoms with Crippen molar-refractivity contribution in [2.75, 3.05) is 11.4 Å². The molecule has 2 amide bonds. The van der Waals surface area contributed by atoms with Crippen molar-refractivity contribution in [2.45, 2.75) is 19.9 Å². The van der Waals surface area contributed by atoms with Gasteiger partial charge in [-0.25, -0.2) is 0 Å². The SMILES string of the molecule is CCN1C(=O)[C@H](NC(C)=O)c2c(Cl)ccc(Cl)c21. The van der Waals surface area contributed by atoms with E-state index in [-0.39, 0.29) is 11.8 Å². The molecule has 1 aliphatic heterocycles. The van der Waals surface area contributed by atoms with Crippen LogP contribution in [-0.2, 0) is 9.59 Å². The van der Waals surface area contributed by atoms with E-state index < -0.39 is 6.04 Å². The van der Waals surface area contributed by atoms with E-state index in [0.29, 0.717) is 27.8 Å². The molecule has 0 aliphatic carbocycles. The fourth-order valence-electron chi connectivity index (χ4n) is 2.15. The molecule has 6 heteroatoms. The van der Waals surface area contributed by atoms with Crippen molar-refractivity contribution in [2.24, 2.45) is 0 Å². The van der Waals surface area contributed by atoms with Crippen molar-refractivity contribution < 1.29 is 9.59 Å². The molecule has 0 saturated carbocycles. The fourth-order valence-corrected chi connectivity index (χ4v) is 2.67. The Morgan fingerprint density at radius 3 is 2.56 bits per heavy atom. The summed E-state index contributed by atoms with van der Waals surface area (Å²) >= 11 is 12.2. The Balaban J connectivity index is 2.60. The van der Waals surface area contributed by atoms with Gasteiger partial charge in [0, 0.05) is 24.1 Å². The highest BCUT2D eigenvalue weighted by Gasteiger charge is 2.40. The molecule has 18 heavy (non-hydrogen) atoms. The smallest absolute Gasteiger partial charge is 0.254 e. The molecule has 1 aromatic rings. The molecule has 1 aliphatic rings. The Bertz CT molecular complexity index is 531. The molecular formula is C12H12Cl2N2O2. The summed E-state index contributed by atoms with van der Waals surface area (Å²) in [6, 6.07) is 2.53. The Labute approximate surface area is 115 Å². The lowest BCUT2D eigenvalue weighted by Crippen LogP contribution is -2.36. The molecule has 2 rings (SSSR count). The van der Waals surface area contributed by atoms with Crippen LogP contribution in [0.2, 0.25) is 10.0 Å². The van der Waals surface area contributed by atoms with E-state index in [2.05, 4.69) is 5.32 Å². The maximum atomic E-state index is 12.2. The molecule has 1 N–H and O–H groups in total. The van der Waals surface area contributed by atoms with E-state index in [1.165, 1.54) is 11.8 Å². The maximum absolute atomic E-state index is 12.2. The van der Waals surface area contributed by atoms with Gasteiger partial charge in [-0.05, 0) is 19.1 Å². The zero-order valence-electron chi connectivity index (χ0n) is 9.96. The number of nitrogens with zero attached hydrogens (tertiary/aromatic N) is 1. The van der Waals surface area contributed by atoms with Crippen LogP contribution >= 0.6 is 23.2 Å².